The van der Waals surface area contributed by atoms with Crippen LogP contribution in [0.25, 0.3) is 0 Å². The molecule has 0 aliphatic heterocycles. The van der Waals surface area contributed by atoms with Crippen molar-refractivity contribution in [1.29, 1.82) is 0 Å². The van der Waals surface area contributed by atoms with Crippen LogP contribution in [0.5, 0.6) is 0 Å². The highest BCUT2D eigenvalue weighted by Crippen LogP contribution is 2.30. The molecule has 1 rings (SSSR count). The minimum atomic E-state index is -4.16. The Bertz CT molecular complexity index is 336. The van der Waals surface area contributed by atoms with Gasteiger partial charge in [-0.15, -0.1) is 0 Å². The minimum absolute atomic E-state index is 0.00412. The molecule has 0 aromatic carbocycles. The van der Waals surface area contributed by atoms with E-state index in [0.717, 1.165) is 5.82 Å². The second-order valence-electron chi connectivity index (χ2n) is 3.87. The maximum Gasteiger partial charge on any atom is 0.441 e. The standard InChI is InChI=1S/C10H16F3N3S/c1-8(2)15-7-9-14-3-4-16(9)5-6-17-10(11,12)13/h3-4,8,15H,5-7H2,1-2H3. The van der Waals surface area contributed by atoms with Crippen LogP contribution in [-0.4, -0.2) is 26.9 Å². The first-order chi connectivity index (χ1) is 7.88. The summed E-state index contributed by atoms with van der Waals surface area (Å²) >= 11 is -0.00412. The first kappa shape index (κ1) is 14.4. The summed E-state index contributed by atoms with van der Waals surface area (Å²) in [6.45, 7) is 4.90. The lowest BCUT2D eigenvalue weighted by Crippen LogP contribution is -2.24. The van der Waals surface area contributed by atoms with Gasteiger partial charge in [0, 0.05) is 30.7 Å². The predicted octanol–water partition coefficient (Wildman–Crippen LogP) is 2.63. The van der Waals surface area contributed by atoms with Gasteiger partial charge >= 0.3 is 5.51 Å². The topological polar surface area (TPSA) is 29.9 Å². The number of aromatic nitrogens is 2. The van der Waals surface area contributed by atoms with E-state index in [2.05, 4.69) is 10.3 Å². The Labute approximate surface area is 103 Å². The van der Waals surface area contributed by atoms with Gasteiger partial charge in [-0.1, -0.05) is 13.8 Å². The van der Waals surface area contributed by atoms with Crippen molar-refractivity contribution in [1.82, 2.24) is 14.9 Å². The second kappa shape index (κ2) is 6.30. The Morgan fingerprint density at radius 2 is 2.18 bits per heavy atom. The van der Waals surface area contributed by atoms with Crippen molar-refractivity contribution in [2.45, 2.75) is 38.5 Å². The predicted molar refractivity (Wildman–Crippen MR) is 62.7 cm³/mol. The normalized spacial score (nSPS) is 12.4. The summed E-state index contributed by atoms with van der Waals surface area (Å²) in [5.41, 5.74) is -4.16. The third-order valence-corrected chi connectivity index (χ3v) is 2.78. The zero-order valence-corrected chi connectivity index (χ0v) is 10.6. The van der Waals surface area contributed by atoms with Gasteiger partial charge < -0.3 is 9.88 Å². The number of rotatable bonds is 6. The fourth-order valence-corrected chi connectivity index (χ4v) is 1.79. The first-order valence-electron chi connectivity index (χ1n) is 5.32. The molecule has 1 aromatic heterocycles. The Kier molecular flexibility index (Phi) is 5.32. The molecule has 0 radical (unpaired) electrons. The third kappa shape index (κ3) is 5.97. The van der Waals surface area contributed by atoms with Gasteiger partial charge in [-0.3, -0.25) is 0 Å². The summed E-state index contributed by atoms with van der Waals surface area (Å²) in [6.07, 6.45) is 3.31. The van der Waals surface area contributed by atoms with Crippen molar-refractivity contribution in [3.63, 3.8) is 0 Å². The molecule has 7 heteroatoms. The number of nitrogens with one attached hydrogen (secondary N) is 1. The smallest absolute Gasteiger partial charge is 0.333 e. The van der Waals surface area contributed by atoms with Crippen LogP contribution < -0.4 is 5.32 Å². The summed E-state index contributed by atoms with van der Waals surface area (Å²) in [7, 11) is 0. The zero-order chi connectivity index (χ0) is 12.9. The fraction of sp³-hybridized carbons (Fsp3) is 0.700. The molecule has 0 fully saturated rings. The van der Waals surface area contributed by atoms with Gasteiger partial charge in [0.05, 0.1) is 6.54 Å². The minimum Gasteiger partial charge on any atom is -0.333 e. The molecule has 0 spiro atoms. The van der Waals surface area contributed by atoms with Crippen LogP contribution in [0.2, 0.25) is 0 Å². The van der Waals surface area contributed by atoms with Gasteiger partial charge in [0.15, 0.2) is 0 Å². The third-order valence-electron chi connectivity index (χ3n) is 2.07. The van der Waals surface area contributed by atoms with Crippen molar-refractivity contribution >= 4 is 11.8 Å². The van der Waals surface area contributed by atoms with Gasteiger partial charge in [0.25, 0.3) is 0 Å². The molecule has 0 amide bonds. The molecule has 1 aromatic rings. The average molecular weight is 267 g/mol. The van der Waals surface area contributed by atoms with E-state index >= 15 is 0 Å². The largest absolute Gasteiger partial charge is 0.441 e. The Morgan fingerprint density at radius 1 is 1.47 bits per heavy atom. The van der Waals surface area contributed by atoms with Gasteiger partial charge in [-0.2, -0.15) is 13.2 Å². The Morgan fingerprint density at radius 3 is 2.76 bits per heavy atom. The Balaban J connectivity index is 2.40. The number of nitrogens with zero attached hydrogens (tertiary/aromatic N) is 2. The lowest BCUT2D eigenvalue weighted by Gasteiger charge is -2.11. The SMILES string of the molecule is CC(C)NCc1nccn1CCSC(F)(F)F. The van der Waals surface area contributed by atoms with Crippen LogP contribution in [0, 0.1) is 0 Å². The molecular formula is C10H16F3N3S. The van der Waals surface area contributed by atoms with E-state index in [1.54, 1.807) is 17.0 Å². The van der Waals surface area contributed by atoms with Crippen molar-refractivity contribution < 1.29 is 13.2 Å². The van der Waals surface area contributed by atoms with Crippen LogP contribution in [0.1, 0.15) is 19.7 Å². The molecule has 1 heterocycles. The molecule has 0 atom stereocenters. The number of hydrogen-bond donors (Lipinski definition) is 1. The molecule has 0 unspecified atom stereocenters. The fourth-order valence-electron chi connectivity index (χ4n) is 1.27. The van der Waals surface area contributed by atoms with Crippen LogP contribution in [0.15, 0.2) is 12.4 Å². The molecule has 0 saturated heterocycles. The van der Waals surface area contributed by atoms with E-state index in [1.807, 2.05) is 13.8 Å². The van der Waals surface area contributed by atoms with E-state index in [4.69, 9.17) is 0 Å². The highest BCUT2D eigenvalue weighted by Gasteiger charge is 2.27. The van der Waals surface area contributed by atoms with E-state index in [9.17, 15) is 13.2 Å². The van der Waals surface area contributed by atoms with Crippen molar-refractivity contribution in [2.75, 3.05) is 5.75 Å². The Hall–Kier alpha value is -0.690. The zero-order valence-electron chi connectivity index (χ0n) is 9.79. The summed E-state index contributed by atoms with van der Waals surface area (Å²) in [5.74, 6) is 0.774. The summed E-state index contributed by atoms with van der Waals surface area (Å²) < 4.78 is 37.6. The van der Waals surface area contributed by atoms with Crippen molar-refractivity contribution in [3.8, 4) is 0 Å². The number of halogens is 3. The van der Waals surface area contributed by atoms with Crippen molar-refractivity contribution in [2.24, 2.45) is 0 Å². The molecule has 0 aliphatic rings. The lowest BCUT2D eigenvalue weighted by molar-refractivity contribution is -0.0328. The van der Waals surface area contributed by atoms with Gasteiger partial charge in [0.2, 0.25) is 0 Å². The quantitative estimate of drug-likeness (QED) is 0.859. The molecule has 1 N–H and O–H groups in total. The molecule has 3 nitrogen and oxygen atoms in total. The molecule has 0 aliphatic carbocycles. The lowest BCUT2D eigenvalue weighted by atomic mass is 10.4. The van der Waals surface area contributed by atoms with Crippen LogP contribution in [0.3, 0.4) is 0 Å². The first-order valence-corrected chi connectivity index (χ1v) is 6.31. The van der Waals surface area contributed by atoms with E-state index in [1.165, 1.54) is 0 Å². The summed E-state index contributed by atoms with van der Waals surface area (Å²) in [4.78, 5) is 4.11. The highest BCUT2D eigenvalue weighted by atomic mass is 32.2. The van der Waals surface area contributed by atoms with Crippen LogP contribution in [0.4, 0.5) is 13.2 Å². The second-order valence-corrected chi connectivity index (χ2v) is 5.03. The summed E-state index contributed by atoms with van der Waals surface area (Å²) in [6, 6.07) is 0.324. The molecule has 0 bridgehead atoms. The number of hydrogen-bond acceptors (Lipinski definition) is 3. The van der Waals surface area contributed by atoms with E-state index in [-0.39, 0.29) is 17.5 Å². The van der Waals surface area contributed by atoms with E-state index in [0.29, 0.717) is 19.1 Å². The van der Waals surface area contributed by atoms with Gasteiger partial charge in [-0.05, 0) is 11.8 Å². The maximum atomic E-state index is 12.0. The van der Waals surface area contributed by atoms with Crippen molar-refractivity contribution in [3.05, 3.63) is 18.2 Å². The van der Waals surface area contributed by atoms with Crippen LogP contribution in [-0.2, 0) is 13.1 Å². The number of aryl methyl sites for hydroxylation is 1. The maximum absolute atomic E-state index is 12.0. The number of thioether (sulfide) groups is 1. The molecule has 0 saturated carbocycles. The highest BCUT2D eigenvalue weighted by molar-refractivity contribution is 8.00. The van der Waals surface area contributed by atoms with Crippen LogP contribution >= 0.6 is 11.8 Å². The monoisotopic (exact) mass is 267 g/mol. The summed E-state index contributed by atoms with van der Waals surface area (Å²) in [5, 5.41) is 3.18. The number of alkyl halides is 3. The van der Waals surface area contributed by atoms with Gasteiger partial charge in [0.1, 0.15) is 5.82 Å². The van der Waals surface area contributed by atoms with E-state index < -0.39 is 5.51 Å². The number of imidazole rings is 1. The molecular weight excluding hydrogens is 251 g/mol. The average Bonchev–Trinajstić information content (AvgIpc) is 2.60. The molecule has 98 valence electrons. The van der Waals surface area contributed by atoms with Gasteiger partial charge in [-0.25, -0.2) is 4.98 Å². The molecule has 17 heavy (non-hydrogen) atoms.